The number of carbonyl (C=O) groups excluding carboxylic acids is 2. The maximum Gasteiger partial charge on any atom is 0.416 e. The molecule has 184 valence electrons. The number of hydrogen-bond acceptors (Lipinski definition) is 6. The molecule has 1 N–H and O–H groups in total. The van der Waals surface area contributed by atoms with E-state index in [1.165, 1.54) is 19.1 Å². The molecular weight excluding hydrogens is 451 g/mol. The summed E-state index contributed by atoms with van der Waals surface area (Å²) in [6, 6.07) is 5.48. The third-order valence-electron chi connectivity index (χ3n) is 5.24. The maximum absolute atomic E-state index is 13.1. The normalized spacial score (nSPS) is 19.1. The summed E-state index contributed by atoms with van der Waals surface area (Å²) in [5.74, 6) is -0.513. The third kappa shape index (κ3) is 6.45. The standard InChI is InChI=1S/C24H28F3N3O4/c1-13-9-19-17(12-18(29-30-19)15-7-6-8-16(11-15)24(25,26)27)20(10-13)33-21(31)14(2)28-22(32)34-23(3,4)5/h6-8,11-14,20H,9-10H2,1-5H3,(H,28,32)/t13?,14-,20?/m0/s1. The summed E-state index contributed by atoms with van der Waals surface area (Å²) in [5, 5.41) is 10.8. The van der Waals surface area contributed by atoms with Crippen molar-refractivity contribution in [3.63, 3.8) is 0 Å². The van der Waals surface area contributed by atoms with Gasteiger partial charge in [0.15, 0.2) is 0 Å². The van der Waals surface area contributed by atoms with Crippen LogP contribution >= 0.6 is 0 Å². The minimum Gasteiger partial charge on any atom is -0.456 e. The van der Waals surface area contributed by atoms with Gasteiger partial charge in [0.25, 0.3) is 0 Å². The topological polar surface area (TPSA) is 90.4 Å². The van der Waals surface area contributed by atoms with E-state index in [4.69, 9.17) is 9.47 Å². The van der Waals surface area contributed by atoms with Crippen molar-refractivity contribution in [1.82, 2.24) is 15.5 Å². The van der Waals surface area contributed by atoms with Crippen LogP contribution in [0.5, 0.6) is 0 Å². The average molecular weight is 479 g/mol. The minimum atomic E-state index is -4.48. The summed E-state index contributed by atoms with van der Waals surface area (Å²) in [5.41, 5.74) is 0.222. The predicted octanol–water partition coefficient (Wildman–Crippen LogP) is 5.24. The zero-order valence-electron chi connectivity index (χ0n) is 19.7. The van der Waals surface area contributed by atoms with Crippen molar-refractivity contribution in [3.05, 3.63) is 47.2 Å². The number of fused-ring (bicyclic) bond motifs is 1. The van der Waals surface area contributed by atoms with Crippen LogP contribution in [-0.4, -0.2) is 33.9 Å². The van der Waals surface area contributed by atoms with Gasteiger partial charge in [-0.05, 0) is 64.7 Å². The maximum atomic E-state index is 13.1. The van der Waals surface area contributed by atoms with Crippen molar-refractivity contribution in [2.24, 2.45) is 5.92 Å². The van der Waals surface area contributed by atoms with Crippen molar-refractivity contribution < 1.29 is 32.2 Å². The Morgan fingerprint density at radius 2 is 1.85 bits per heavy atom. The molecular formula is C24H28F3N3O4. The number of amides is 1. The largest absolute Gasteiger partial charge is 0.456 e. The van der Waals surface area contributed by atoms with Gasteiger partial charge in [0.1, 0.15) is 17.7 Å². The van der Waals surface area contributed by atoms with Crippen LogP contribution in [0.1, 0.15) is 64.0 Å². The number of nitrogens with zero attached hydrogens (tertiary/aromatic N) is 2. The molecule has 0 spiro atoms. The fourth-order valence-electron chi connectivity index (χ4n) is 3.67. The SMILES string of the molecule is CC1Cc2nnc(-c3cccc(C(F)(F)F)c3)cc2C(OC(=O)[C@H](C)NC(=O)OC(C)(C)C)C1. The van der Waals surface area contributed by atoms with Gasteiger partial charge in [-0.2, -0.15) is 23.4 Å². The van der Waals surface area contributed by atoms with Crippen molar-refractivity contribution in [3.8, 4) is 11.3 Å². The Labute approximate surface area is 196 Å². The van der Waals surface area contributed by atoms with E-state index in [1.54, 1.807) is 26.8 Å². The third-order valence-corrected chi connectivity index (χ3v) is 5.24. The van der Waals surface area contributed by atoms with Crippen LogP contribution < -0.4 is 5.32 Å². The first-order chi connectivity index (χ1) is 15.7. The van der Waals surface area contributed by atoms with E-state index in [9.17, 15) is 22.8 Å². The van der Waals surface area contributed by atoms with Crippen LogP contribution in [-0.2, 0) is 26.9 Å². The van der Waals surface area contributed by atoms with Crippen LogP contribution in [0.2, 0.25) is 0 Å². The molecule has 0 aliphatic heterocycles. The first-order valence-electron chi connectivity index (χ1n) is 11.0. The summed E-state index contributed by atoms with van der Waals surface area (Å²) in [6.45, 7) is 8.59. The van der Waals surface area contributed by atoms with Gasteiger partial charge < -0.3 is 14.8 Å². The fourth-order valence-corrected chi connectivity index (χ4v) is 3.67. The summed E-state index contributed by atoms with van der Waals surface area (Å²) < 4.78 is 50.2. The number of nitrogens with one attached hydrogen (secondary N) is 1. The molecule has 0 saturated carbocycles. The van der Waals surface area contributed by atoms with Gasteiger partial charge in [-0.1, -0.05) is 19.1 Å². The van der Waals surface area contributed by atoms with Crippen molar-refractivity contribution in [2.75, 3.05) is 0 Å². The Hall–Kier alpha value is -3.17. The number of benzene rings is 1. The molecule has 0 fully saturated rings. The second kappa shape index (κ2) is 9.60. The molecule has 7 nitrogen and oxygen atoms in total. The quantitative estimate of drug-likeness (QED) is 0.603. The Kier molecular flexibility index (Phi) is 7.18. The van der Waals surface area contributed by atoms with E-state index < -0.39 is 41.5 Å². The van der Waals surface area contributed by atoms with Gasteiger partial charge in [0.05, 0.1) is 17.0 Å². The van der Waals surface area contributed by atoms with E-state index in [0.717, 1.165) is 12.1 Å². The van der Waals surface area contributed by atoms with Crippen LogP contribution in [0.15, 0.2) is 30.3 Å². The number of halogens is 3. The molecule has 1 aliphatic carbocycles. The van der Waals surface area contributed by atoms with Crippen molar-refractivity contribution >= 4 is 12.1 Å². The summed E-state index contributed by atoms with van der Waals surface area (Å²) in [7, 11) is 0. The monoisotopic (exact) mass is 479 g/mol. The number of ether oxygens (including phenoxy) is 2. The van der Waals surface area contributed by atoms with E-state index in [-0.39, 0.29) is 17.2 Å². The van der Waals surface area contributed by atoms with Gasteiger partial charge in [-0.3, -0.25) is 0 Å². The molecule has 3 atom stereocenters. The van der Waals surface area contributed by atoms with Crippen LogP contribution in [0.4, 0.5) is 18.0 Å². The molecule has 1 amide bonds. The summed E-state index contributed by atoms with van der Waals surface area (Å²) in [4.78, 5) is 24.7. The molecule has 1 heterocycles. The second-order valence-corrected chi connectivity index (χ2v) is 9.55. The molecule has 10 heteroatoms. The number of rotatable bonds is 4. The highest BCUT2D eigenvalue weighted by atomic mass is 19.4. The molecule has 1 aliphatic rings. The van der Waals surface area contributed by atoms with Crippen molar-refractivity contribution in [2.45, 2.75) is 71.4 Å². The number of alkyl carbamates (subject to hydrolysis) is 1. The lowest BCUT2D eigenvalue weighted by Crippen LogP contribution is -2.43. The van der Waals surface area contributed by atoms with E-state index in [1.807, 2.05) is 6.92 Å². The first kappa shape index (κ1) is 25.5. The lowest BCUT2D eigenvalue weighted by Gasteiger charge is -2.29. The number of alkyl halides is 3. The first-order valence-corrected chi connectivity index (χ1v) is 11.0. The Bertz CT molecular complexity index is 1070. The molecule has 1 aromatic carbocycles. The smallest absolute Gasteiger partial charge is 0.416 e. The Balaban J connectivity index is 1.82. The fraction of sp³-hybridized carbons (Fsp3) is 0.500. The molecule has 2 aromatic rings. The zero-order chi connectivity index (χ0) is 25.3. The molecule has 0 bridgehead atoms. The lowest BCUT2D eigenvalue weighted by molar-refractivity contribution is -0.152. The van der Waals surface area contributed by atoms with E-state index >= 15 is 0 Å². The molecule has 1 aromatic heterocycles. The Morgan fingerprint density at radius 1 is 1.15 bits per heavy atom. The Morgan fingerprint density at radius 3 is 2.50 bits per heavy atom. The highest BCUT2D eigenvalue weighted by Gasteiger charge is 2.33. The van der Waals surface area contributed by atoms with Crippen molar-refractivity contribution in [1.29, 1.82) is 0 Å². The zero-order valence-corrected chi connectivity index (χ0v) is 19.7. The summed E-state index contributed by atoms with van der Waals surface area (Å²) in [6.07, 6.45) is -4.79. The van der Waals surface area contributed by atoms with Crippen LogP contribution in [0.25, 0.3) is 11.3 Å². The molecule has 2 unspecified atom stereocenters. The molecule has 0 saturated heterocycles. The summed E-state index contributed by atoms with van der Waals surface area (Å²) >= 11 is 0. The number of carbonyl (C=O) groups is 2. The van der Waals surface area contributed by atoms with Gasteiger partial charge in [0, 0.05) is 11.1 Å². The van der Waals surface area contributed by atoms with Gasteiger partial charge >= 0.3 is 18.2 Å². The number of esters is 1. The predicted molar refractivity (Wildman–Crippen MR) is 118 cm³/mol. The molecule has 34 heavy (non-hydrogen) atoms. The highest BCUT2D eigenvalue weighted by Crippen LogP contribution is 2.37. The average Bonchev–Trinajstić information content (AvgIpc) is 2.71. The number of hydrogen-bond donors (Lipinski definition) is 1. The van der Waals surface area contributed by atoms with Crippen LogP contribution in [0.3, 0.4) is 0 Å². The van der Waals surface area contributed by atoms with Gasteiger partial charge in [-0.25, -0.2) is 9.59 Å². The van der Waals surface area contributed by atoms with Gasteiger partial charge in [-0.15, -0.1) is 0 Å². The second-order valence-electron chi connectivity index (χ2n) is 9.55. The lowest BCUT2D eigenvalue weighted by atomic mass is 9.85. The van der Waals surface area contributed by atoms with Crippen LogP contribution in [0, 0.1) is 5.92 Å². The minimum absolute atomic E-state index is 0.146. The molecule has 3 rings (SSSR count). The van der Waals surface area contributed by atoms with Gasteiger partial charge in [0.2, 0.25) is 0 Å². The van der Waals surface area contributed by atoms with E-state index in [0.29, 0.717) is 24.1 Å². The highest BCUT2D eigenvalue weighted by molar-refractivity contribution is 5.81. The van der Waals surface area contributed by atoms with E-state index in [2.05, 4.69) is 15.5 Å². The number of aromatic nitrogens is 2. The molecule has 0 radical (unpaired) electrons.